The lowest BCUT2D eigenvalue weighted by molar-refractivity contribution is 0.172. The molecule has 0 bridgehead atoms. The smallest absolute Gasteiger partial charge is 0.315 e. The summed E-state index contributed by atoms with van der Waals surface area (Å²) in [5, 5.41) is 16.1. The average Bonchev–Trinajstić information content (AvgIpc) is 3.12. The minimum absolute atomic E-state index is 0.0743. The lowest BCUT2D eigenvalue weighted by Crippen LogP contribution is -2.47. The molecule has 0 aromatic heterocycles. The Morgan fingerprint density at radius 2 is 2.08 bits per heavy atom. The number of urea groups is 1. The summed E-state index contributed by atoms with van der Waals surface area (Å²) in [5.74, 6) is 0.568. The van der Waals surface area contributed by atoms with Crippen molar-refractivity contribution in [1.29, 1.82) is 0 Å². The van der Waals surface area contributed by atoms with E-state index in [1.54, 1.807) is 0 Å². The van der Waals surface area contributed by atoms with Gasteiger partial charge in [-0.25, -0.2) is 4.79 Å². The van der Waals surface area contributed by atoms with Crippen LogP contribution in [0.3, 0.4) is 0 Å². The Labute approximate surface area is 144 Å². The molecular formula is C19H29N3O2. The van der Waals surface area contributed by atoms with Crippen molar-refractivity contribution in [3.63, 3.8) is 0 Å². The van der Waals surface area contributed by atoms with Crippen LogP contribution < -0.4 is 10.6 Å². The summed E-state index contributed by atoms with van der Waals surface area (Å²) in [6.45, 7) is 4.26. The third-order valence-corrected chi connectivity index (χ3v) is 5.41. The number of aliphatic hydroxyl groups is 1. The molecule has 1 saturated carbocycles. The first-order valence-electron chi connectivity index (χ1n) is 9.12. The van der Waals surface area contributed by atoms with E-state index in [0.717, 1.165) is 13.0 Å². The predicted molar refractivity (Wildman–Crippen MR) is 94.6 cm³/mol. The number of amides is 2. The number of benzene rings is 1. The molecule has 1 aliphatic heterocycles. The van der Waals surface area contributed by atoms with Crippen LogP contribution in [0.15, 0.2) is 30.3 Å². The third kappa shape index (κ3) is 4.48. The molecule has 4 unspecified atom stereocenters. The molecule has 1 aromatic carbocycles. The number of likely N-dealkylation sites (tertiary alicyclic amines) is 1. The van der Waals surface area contributed by atoms with Crippen LogP contribution in [0.1, 0.15) is 38.2 Å². The summed E-state index contributed by atoms with van der Waals surface area (Å²) < 4.78 is 0. The number of hydrogen-bond acceptors (Lipinski definition) is 3. The Bertz CT molecular complexity index is 537. The van der Waals surface area contributed by atoms with Crippen LogP contribution >= 0.6 is 0 Å². The van der Waals surface area contributed by atoms with Crippen molar-refractivity contribution in [2.24, 2.45) is 5.92 Å². The van der Waals surface area contributed by atoms with Crippen molar-refractivity contribution in [2.75, 3.05) is 13.1 Å². The van der Waals surface area contributed by atoms with Gasteiger partial charge in [-0.1, -0.05) is 43.7 Å². The van der Waals surface area contributed by atoms with Crippen LogP contribution in [0.25, 0.3) is 0 Å². The Morgan fingerprint density at radius 1 is 1.29 bits per heavy atom. The highest BCUT2D eigenvalue weighted by atomic mass is 16.3. The summed E-state index contributed by atoms with van der Waals surface area (Å²) in [5.41, 5.74) is 1.24. The molecule has 24 heavy (non-hydrogen) atoms. The molecule has 2 amide bonds. The molecule has 5 nitrogen and oxygen atoms in total. The molecule has 0 radical (unpaired) electrons. The second-order valence-electron chi connectivity index (χ2n) is 7.33. The van der Waals surface area contributed by atoms with Gasteiger partial charge in [0.05, 0.1) is 6.10 Å². The van der Waals surface area contributed by atoms with Crippen LogP contribution in [-0.4, -0.2) is 47.3 Å². The second kappa shape index (κ2) is 7.99. The number of carbonyl (C=O) groups excluding carboxylic acids is 1. The molecule has 1 aliphatic carbocycles. The molecule has 3 N–H and O–H groups in total. The van der Waals surface area contributed by atoms with E-state index < -0.39 is 0 Å². The van der Waals surface area contributed by atoms with Gasteiger partial charge in [0, 0.05) is 31.7 Å². The quantitative estimate of drug-likeness (QED) is 0.774. The second-order valence-corrected chi connectivity index (χ2v) is 7.33. The zero-order valence-electron chi connectivity index (χ0n) is 14.4. The Morgan fingerprint density at radius 3 is 2.79 bits per heavy atom. The van der Waals surface area contributed by atoms with Gasteiger partial charge >= 0.3 is 6.03 Å². The summed E-state index contributed by atoms with van der Waals surface area (Å²) in [6, 6.07) is 10.7. The van der Waals surface area contributed by atoms with E-state index in [4.69, 9.17) is 0 Å². The summed E-state index contributed by atoms with van der Waals surface area (Å²) in [4.78, 5) is 14.4. The first-order valence-corrected chi connectivity index (χ1v) is 9.12. The van der Waals surface area contributed by atoms with Crippen LogP contribution in [0, 0.1) is 5.92 Å². The first kappa shape index (κ1) is 17.2. The van der Waals surface area contributed by atoms with Gasteiger partial charge in [0.25, 0.3) is 0 Å². The van der Waals surface area contributed by atoms with E-state index in [0.29, 0.717) is 31.5 Å². The van der Waals surface area contributed by atoms with Gasteiger partial charge in [-0.05, 0) is 30.7 Å². The Hall–Kier alpha value is -1.59. The molecule has 2 fully saturated rings. The molecule has 4 atom stereocenters. The van der Waals surface area contributed by atoms with Crippen LogP contribution in [0.2, 0.25) is 0 Å². The topological polar surface area (TPSA) is 64.6 Å². The van der Waals surface area contributed by atoms with E-state index in [-0.39, 0.29) is 18.2 Å². The highest BCUT2D eigenvalue weighted by Gasteiger charge is 2.31. The van der Waals surface area contributed by atoms with Crippen molar-refractivity contribution < 1.29 is 9.90 Å². The maximum atomic E-state index is 12.1. The number of hydrogen-bond donors (Lipinski definition) is 3. The largest absolute Gasteiger partial charge is 0.392 e. The van der Waals surface area contributed by atoms with Gasteiger partial charge in [-0.15, -0.1) is 0 Å². The Balaban J connectivity index is 1.48. The van der Waals surface area contributed by atoms with Crippen LogP contribution in [0.4, 0.5) is 4.79 Å². The lowest BCUT2D eigenvalue weighted by atomic mass is 10.1. The standard InChI is InChI=1S/C19H29N3O2/c1-14-6-5-9-18(14)21-19(24)20-11-16-10-17(23)13-22(16)12-15-7-3-2-4-8-15/h2-4,7-8,14,16-18,23H,5-6,9-13H2,1H3,(H2,20,21,24). The highest BCUT2D eigenvalue weighted by molar-refractivity contribution is 5.74. The fourth-order valence-corrected chi connectivity index (χ4v) is 3.97. The number of rotatable bonds is 5. The number of nitrogens with one attached hydrogen (secondary N) is 2. The van der Waals surface area contributed by atoms with Crippen molar-refractivity contribution in [2.45, 2.75) is 57.3 Å². The van der Waals surface area contributed by atoms with E-state index >= 15 is 0 Å². The molecule has 0 spiro atoms. The van der Waals surface area contributed by atoms with Crippen LogP contribution in [0.5, 0.6) is 0 Å². The molecule has 1 saturated heterocycles. The molecule has 132 valence electrons. The average molecular weight is 331 g/mol. The van der Waals surface area contributed by atoms with E-state index in [1.807, 2.05) is 18.2 Å². The van der Waals surface area contributed by atoms with Crippen molar-refractivity contribution in [3.8, 4) is 0 Å². The summed E-state index contributed by atoms with van der Waals surface area (Å²) in [7, 11) is 0. The van der Waals surface area contributed by atoms with Crippen molar-refractivity contribution in [3.05, 3.63) is 35.9 Å². The number of nitrogens with zero attached hydrogens (tertiary/aromatic N) is 1. The highest BCUT2D eigenvalue weighted by Crippen LogP contribution is 2.24. The molecule has 3 rings (SSSR count). The monoisotopic (exact) mass is 331 g/mol. The zero-order chi connectivity index (χ0) is 16.9. The van der Waals surface area contributed by atoms with Crippen molar-refractivity contribution in [1.82, 2.24) is 15.5 Å². The summed E-state index contributed by atoms with van der Waals surface area (Å²) >= 11 is 0. The van der Waals surface area contributed by atoms with Gasteiger partial charge in [-0.2, -0.15) is 0 Å². The van der Waals surface area contributed by atoms with E-state index in [2.05, 4.69) is 34.6 Å². The molecule has 5 heteroatoms. The van der Waals surface area contributed by atoms with Gasteiger partial charge in [-0.3, -0.25) is 4.90 Å². The zero-order valence-corrected chi connectivity index (χ0v) is 14.4. The normalized spacial score (nSPS) is 30.4. The number of β-amino-alcohol motifs (C(OH)–C–C–N with tert-alkyl or cyclic N) is 1. The molecule has 1 heterocycles. The number of aliphatic hydroxyl groups excluding tert-OH is 1. The van der Waals surface area contributed by atoms with Crippen molar-refractivity contribution >= 4 is 6.03 Å². The number of carbonyl (C=O) groups is 1. The molecule has 2 aliphatic rings. The molecular weight excluding hydrogens is 302 g/mol. The van der Waals surface area contributed by atoms with Gasteiger partial charge in [0.2, 0.25) is 0 Å². The first-order chi connectivity index (χ1) is 11.6. The molecule has 1 aromatic rings. The van der Waals surface area contributed by atoms with Crippen LogP contribution in [-0.2, 0) is 6.54 Å². The Kier molecular flexibility index (Phi) is 5.74. The van der Waals surface area contributed by atoms with Gasteiger partial charge < -0.3 is 15.7 Å². The minimum atomic E-state index is -0.307. The minimum Gasteiger partial charge on any atom is -0.392 e. The fraction of sp³-hybridized carbons (Fsp3) is 0.632. The maximum Gasteiger partial charge on any atom is 0.315 e. The summed E-state index contributed by atoms with van der Waals surface area (Å²) in [6.07, 6.45) is 3.89. The SMILES string of the molecule is CC1CCCC1NC(=O)NCC1CC(O)CN1Cc1ccccc1. The third-order valence-electron chi connectivity index (χ3n) is 5.41. The van der Waals surface area contributed by atoms with Gasteiger partial charge in [0.15, 0.2) is 0 Å². The maximum absolute atomic E-state index is 12.1. The fourth-order valence-electron chi connectivity index (χ4n) is 3.97. The lowest BCUT2D eigenvalue weighted by Gasteiger charge is -2.25. The van der Waals surface area contributed by atoms with E-state index in [9.17, 15) is 9.90 Å². The predicted octanol–water partition coefficient (Wildman–Crippen LogP) is 2.11. The van der Waals surface area contributed by atoms with Gasteiger partial charge in [0.1, 0.15) is 0 Å². The van der Waals surface area contributed by atoms with E-state index in [1.165, 1.54) is 18.4 Å².